The van der Waals surface area contributed by atoms with Crippen molar-refractivity contribution in [1.29, 1.82) is 0 Å². The van der Waals surface area contributed by atoms with E-state index in [0.29, 0.717) is 36.5 Å². The third kappa shape index (κ3) is 4.06. The summed E-state index contributed by atoms with van der Waals surface area (Å²) < 4.78 is 7.59. The molecule has 21 heavy (non-hydrogen) atoms. The fourth-order valence-electron chi connectivity index (χ4n) is 3.18. The second-order valence-corrected chi connectivity index (χ2v) is 6.56. The van der Waals surface area contributed by atoms with Crippen LogP contribution in [-0.4, -0.2) is 28.2 Å². The summed E-state index contributed by atoms with van der Waals surface area (Å²) in [5.74, 6) is 1.30. The Labute approximate surface area is 126 Å². The summed E-state index contributed by atoms with van der Waals surface area (Å²) in [5.41, 5.74) is 5.88. The van der Waals surface area contributed by atoms with E-state index in [1.165, 1.54) is 6.42 Å². The lowest BCUT2D eigenvalue weighted by Gasteiger charge is -2.36. The maximum Gasteiger partial charge on any atom is 0.358 e. The van der Waals surface area contributed by atoms with Gasteiger partial charge >= 0.3 is 5.97 Å². The molecule has 2 N–H and O–H groups in total. The van der Waals surface area contributed by atoms with Gasteiger partial charge in [-0.05, 0) is 30.6 Å². The molecule has 0 saturated heterocycles. The largest absolute Gasteiger partial charge is 0.457 e. The molecule has 0 amide bonds. The first-order chi connectivity index (χ1) is 10.0. The van der Waals surface area contributed by atoms with Crippen molar-refractivity contribution >= 4 is 5.97 Å². The highest BCUT2D eigenvalue weighted by atomic mass is 16.5. The monoisotopic (exact) mass is 293 g/mol. The molecule has 0 radical (unpaired) electrons. The van der Waals surface area contributed by atoms with Crippen LogP contribution in [0.5, 0.6) is 0 Å². The predicted molar refractivity (Wildman–Crippen MR) is 81.8 cm³/mol. The van der Waals surface area contributed by atoms with E-state index in [0.717, 1.165) is 12.8 Å². The van der Waals surface area contributed by atoms with Crippen LogP contribution in [0.2, 0.25) is 0 Å². The molecule has 0 bridgehead atoms. The molecule has 2 rings (SSSR count). The molecule has 5 nitrogen and oxygen atoms in total. The molecule has 0 spiro atoms. The lowest BCUT2D eigenvalue weighted by molar-refractivity contribution is -0.0178. The first-order valence-corrected chi connectivity index (χ1v) is 7.94. The lowest BCUT2D eigenvalue weighted by atomic mass is 9.75. The Kier molecular flexibility index (Phi) is 5.39. The smallest absolute Gasteiger partial charge is 0.358 e. The van der Waals surface area contributed by atoms with Crippen molar-refractivity contribution in [2.75, 3.05) is 6.54 Å². The number of ether oxygens (including phenoxy) is 1. The topological polar surface area (TPSA) is 70.1 Å². The quantitative estimate of drug-likeness (QED) is 0.847. The summed E-state index contributed by atoms with van der Waals surface area (Å²) in [5, 5.41) is 0. The van der Waals surface area contributed by atoms with Crippen LogP contribution in [-0.2, 0) is 11.3 Å². The molecule has 1 aliphatic carbocycles. The normalized spacial score (nSPS) is 26.0. The number of carbonyl (C=O) groups excluding carboxylic acids is 1. The Balaban J connectivity index is 2.01. The summed E-state index contributed by atoms with van der Waals surface area (Å²) in [7, 11) is 0. The van der Waals surface area contributed by atoms with Crippen LogP contribution in [0.15, 0.2) is 12.5 Å². The third-order valence-corrected chi connectivity index (χ3v) is 4.45. The maximum absolute atomic E-state index is 12.3. The predicted octanol–water partition coefficient (Wildman–Crippen LogP) is 2.46. The molecular weight excluding hydrogens is 266 g/mol. The van der Waals surface area contributed by atoms with Gasteiger partial charge in [0.25, 0.3) is 0 Å². The molecule has 0 aliphatic heterocycles. The van der Waals surface area contributed by atoms with Crippen LogP contribution in [0, 0.1) is 17.8 Å². The van der Waals surface area contributed by atoms with Crippen molar-refractivity contribution in [1.82, 2.24) is 9.55 Å². The Morgan fingerprint density at radius 2 is 2.29 bits per heavy atom. The summed E-state index contributed by atoms with van der Waals surface area (Å²) in [6.45, 7) is 7.83. The van der Waals surface area contributed by atoms with E-state index in [-0.39, 0.29) is 12.1 Å². The van der Waals surface area contributed by atoms with Crippen LogP contribution in [0.3, 0.4) is 0 Å². The fourth-order valence-corrected chi connectivity index (χ4v) is 3.18. The van der Waals surface area contributed by atoms with Gasteiger partial charge in [0.1, 0.15) is 6.10 Å². The van der Waals surface area contributed by atoms with Gasteiger partial charge in [-0.3, -0.25) is 0 Å². The van der Waals surface area contributed by atoms with E-state index < -0.39 is 0 Å². The van der Waals surface area contributed by atoms with Crippen molar-refractivity contribution in [2.45, 2.75) is 52.7 Å². The molecule has 1 aliphatic rings. The van der Waals surface area contributed by atoms with Crippen molar-refractivity contribution < 1.29 is 9.53 Å². The number of carbonyl (C=O) groups is 1. The zero-order valence-corrected chi connectivity index (χ0v) is 13.3. The van der Waals surface area contributed by atoms with Crippen molar-refractivity contribution in [3.05, 3.63) is 18.2 Å². The Morgan fingerprint density at radius 3 is 2.95 bits per heavy atom. The van der Waals surface area contributed by atoms with Crippen LogP contribution in [0.25, 0.3) is 0 Å². The number of rotatable bonds is 5. The molecule has 5 heteroatoms. The van der Waals surface area contributed by atoms with Gasteiger partial charge in [-0.2, -0.15) is 0 Å². The first kappa shape index (κ1) is 16.0. The summed E-state index contributed by atoms with van der Waals surface area (Å²) in [6.07, 6.45) is 6.68. The average molecular weight is 293 g/mol. The molecule has 1 heterocycles. The highest BCUT2D eigenvalue weighted by molar-refractivity contribution is 5.87. The minimum absolute atomic E-state index is 0.0147. The van der Waals surface area contributed by atoms with Gasteiger partial charge in [0.2, 0.25) is 0 Å². The molecule has 118 valence electrons. The third-order valence-electron chi connectivity index (χ3n) is 4.45. The van der Waals surface area contributed by atoms with Crippen LogP contribution in [0.1, 0.15) is 50.5 Å². The van der Waals surface area contributed by atoms with Crippen molar-refractivity contribution in [3.63, 3.8) is 0 Å². The Bertz CT molecular complexity index is 470. The zero-order chi connectivity index (χ0) is 15.4. The standard InChI is InChI=1S/C16H27N3O2/c1-11(2)13-5-4-12(3)8-15(13)21-16(20)14-9-19(7-6-17)10-18-14/h9-13,15H,4-8,17H2,1-3H3. The van der Waals surface area contributed by atoms with Gasteiger partial charge in [0.15, 0.2) is 5.69 Å². The minimum atomic E-state index is -0.310. The average Bonchev–Trinajstić information content (AvgIpc) is 2.87. The lowest BCUT2D eigenvalue weighted by Crippen LogP contribution is -2.35. The van der Waals surface area contributed by atoms with Crippen LogP contribution in [0.4, 0.5) is 0 Å². The highest BCUT2D eigenvalue weighted by Gasteiger charge is 2.33. The van der Waals surface area contributed by atoms with Gasteiger partial charge in [-0.1, -0.05) is 27.2 Å². The van der Waals surface area contributed by atoms with E-state index in [4.69, 9.17) is 10.5 Å². The Hall–Kier alpha value is -1.36. The van der Waals surface area contributed by atoms with Crippen LogP contribution < -0.4 is 5.73 Å². The first-order valence-electron chi connectivity index (χ1n) is 7.94. The molecule has 1 fully saturated rings. The van der Waals surface area contributed by atoms with E-state index in [1.807, 2.05) is 4.57 Å². The maximum atomic E-state index is 12.3. The molecule has 3 unspecified atom stereocenters. The SMILES string of the molecule is CC1CCC(C(C)C)C(OC(=O)c2cn(CCN)cn2)C1. The Morgan fingerprint density at radius 1 is 1.52 bits per heavy atom. The fraction of sp³-hybridized carbons (Fsp3) is 0.750. The second-order valence-electron chi connectivity index (χ2n) is 6.56. The number of imidazole rings is 1. The van der Waals surface area contributed by atoms with Crippen molar-refractivity contribution in [2.24, 2.45) is 23.5 Å². The van der Waals surface area contributed by atoms with E-state index in [2.05, 4.69) is 25.8 Å². The second kappa shape index (κ2) is 7.07. The molecular formula is C16H27N3O2. The number of nitrogens with two attached hydrogens (primary N) is 1. The van der Waals surface area contributed by atoms with Gasteiger partial charge in [-0.25, -0.2) is 9.78 Å². The molecule has 3 atom stereocenters. The highest BCUT2D eigenvalue weighted by Crippen LogP contribution is 2.35. The molecule has 0 aromatic carbocycles. The summed E-state index contributed by atoms with van der Waals surface area (Å²) in [4.78, 5) is 16.4. The molecule has 1 aromatic rings. The number of hydrogen-bond donors (Lipinski definition) is 1. The minimum Gasteiger partial charge on any atom is -0.457 e. The van der Waals surface area contributed by atoms with E-state index in [9.17, 15) is 4.79 Å². The van der Waals surface area contributed by atoms with Gasteiger partial charge in [-0.15, -0.1) is 0 Å². The number of nitrogens with zero attached hydrogens (tertiary/aromatic N) is 2. The summed E-state index contributed by atoms with van der Waals surface area (Å²) >= 11 is 0. The summed E-state index contributed by atoms with van der Waals surface area (Å²) in [6, 6.07) is 0. The zero-order valence-electron chi connectivity index (χ0n) is 13.3. The van der Waals surface area contributed by atoms with Gasteiger partial charge in [0.05, 0.1) is 6.33 Å². The number of hydrogen-bond acceptors (Lipinski definition) is 4. The molecule has 1 saturated carbocycles. The van der Waals surface area contributed by atoms with Crippen LogP contribution >= 0.6 is 0 Å². The molecule has 1 aromatic heterocycles. The number of esters is 1. The van der Waals surface area contributed by atoms with Gasteiger partial charge < -0.3 is 15.0 Å². The van der Waals surface area contributed by atoms with E-state index >= 15 is 0 Å². The number of aromatic nitrogens is 2. The van der Waals surface area contributed by atoms with Crippen molar-refractivity contribution in [3.8, 4) is 0 Å². The van der Waals surface area contributed by atoms with Gasteiger partial charge in [0, 0.05) is 19.3 Å². The van der Waals surface area contributed by atoms with E-state index in [1.54, 1.807) is 12.5 Å².